The van der Waals surface area contributed by atoms with Crippen molar-refractivity contribution < 1.29 is 4.79 Å². The Hall–Kier alpha value is -0.290. The van der Waals surface area contributed by atoms with Crippen LogP contribution in [0, 0.1) is 3.57 Å². The van der Waals surface area contributed by atoms with Crippen LogP contribution < -0.4 is 5.32 Å². The van der Waals surface area contributed by atoms with Crippen molar-refractivity contribution in [2.75, 3.05) is 0 Å². The molecule has 0 saturated heterocycles. The average Bonchev–Trinajstić information content (AvgIpc) is 2.21. The molecule has 0 radical (unpaired) electrons. The van der Waals surface area contributed by atoms with E-state index in [1.807, 2.05) is 13.0 Å². The van der Waals surface area contributed by atoms with Crippen molar-refractivity contribution >= 4 is 40.1 Å². The van der Waals surface area contributed by atoms with Crippen molar-refractivity contribution in [3.8, 4) is 0 Å². The molecule has 0 fully saturated rings. The Labute approximate surface area is 115 Å². The number of carbonyl (C=O) groups excluding carboxylic acids is 1. The molecule has 1 aromatic rings. The van der Waals surface area contributed by atoms with Gasteiger partial charge in [-0.2, -0.15) is 0 Å². The quantitative estimate of drug-likeness (QED) is 0.820. The van der Waals surface area contributed by atoms with Crippen LogP contribution in [-0.4, -0.2) is 11.9 Å². The van der Waals surface area contributed by atoms with Gasteiger partial charge in [0.1, 0.15) is 0 Å². The monoisotopic (exact) mass is 351 g/mol. The standard InChI is InChI=1S/C12H15ClINO/c1-3-4-8(2)15-12(16)10-7-9(13)5-6-11(10)14/h5-8H,3-4H2,1-2H3,(H,15,16)/t8-/m1/s1. The molecule has 88 valence electrons. The van der Waals surface area contributed by atoms with Gasteiger partial charge in [0.05, 0.1) is 5.56 Å². The van der Waals surface area contributed by atoms with Crippen molar-refractivity contribution in [2.24, 2.45) is 0 Å². The first kappa shape index (κ1) is 13.8. The molecule has 0 unspecified atom stereocenters. The van der Waals surface area contributed by atoms with Crippen LogP contribution in [0.3, 0.4) is 0 Å². The fourth-order valence-corrected chi connectivity index (χ4v) is 2.23. The molecule has 1 atom stereocenters. The number of hydrogen-bond acceptors (Lipinski definition) is 1. The van der Waals surface area contributed by atoms with E-state index in [2.05, 4.69) is 34.8 Å². The zero-order chi connectivity index (χ0) is 12.1. The summed E-state index contributed by atoms with van der Waals surface area (Å²) in [6.45, 7) is 4.12. The summed E-state index contributed by atoms with van der Waals surface area (Å²) in [7, 11) is 0. The first-order valence-corrected chi connectivity index (χ1v) is 6.76. The topological polar surface area (TPSA) is 29.1 Å². The molecule has 16 heavy (non-hydrogen) atoms. The van der Waals surface area contributed by atoms with Crippen LogP contribution in [0.2, 0.25) is 5.02 Å². The van der Waals surface area contributed by atoms with Gasteiger partial charge in [-0.1, -0.05) is 24.9 Å². The number of nitrogens with one attached hydrogen (secondary N) is 1. The largest absolute Gasteiger partial charge is 0.350 e. The van der Waals surface area contributed by atoms with E-state index in [9.17, 15) is 4.79 Å². The summed E-state index contributed by atoms with van der Waals surface area (Å²) in [5.41, 5.74) is 0.649. The number of amides is 1. The Morgan fingerprint density at radius 3 is 2.88 bits per heavy atom. The normalized spacial score (nSPS) is 12.2. The van der Waals surface area contributed by atoms with E-state index in [1.165, 1.54) is 0 Å². The van der Waals surface area contributed by atoms with Crippen LogP contribution in [0.5, 0.6) is 0 Å². The lowest BCUT2D eigenvalue weighted by atomic mass is 10.1. The molecule has 0 heterocycles. The summed E-state index contributed by atoms with van der Waals surface area (Å²) in [4.78, 5) is 11.9. The van der Waals surface area contributed by atoms with Crippen LogP contribution in [0.1, 0.15) is 37.0 Å². The fraction of sp³-hybridized carbons (Fsp3) is 0.417. The summed E-state index contributed by atoms with van der Waals surface area (Å²) in [6.07, 6.45) is 2.05. The molecular weight excluding hydrogens is 336 g/mol. The lowest BCUT2D eigenvalue weighted by Gasteiger charge is -2.13. The molecule has 2 nitrogen and oxygen atoms in total. The highest BCUT2D eigenvalue weighted by Crippen LogP contribution is 2.18. The van der Waals surface area contributed by atoms with E-state index < -0.39 is 0 Å². The van der Waals surface area contributed by atoms with Crippen LogP contribution in [-0.2, 0) is 0 Å². The molecule has 0 aromatic heterocycles. The lowest BCUT2D eigenvalue weighted by Crippen LogP contribution is -2.32. The van der Waals surface area contributed by atoms with E-state index in [-0.39, 0.29) is 11.9 Å². The van der Waals surface area contributed by atoms with Gasteiger partial charge in [0.25, 0.3) is 5.91 Å². The SMILES string of the molecule is CCC[C@@H](C)NC(=O)c1cc(Cl)ccc1I. The fourth-order valence-electron chi connectivity index (χ4n) is 1.48. The van der Waals surface area contributed by atoms with E-state index in [1.54, 1.807) is 12.1 Å². The van der Waals surface area contributed by atoms with Gasteiger partial charge < -0.3 is 5.32 Å². The Morgan fingerprint density at radius 1 is 1.56 bits per heavy atom. The van der Waals surface area contributed by atoms with Crippen molar-refractivity contribution in [3.63, 3.8) is 0 Å². The number of carbonyl (C=O) groups is 1. The summed E-state index contributed by atoms with van der Waals surface area (Å²) in [6, 6.07) is 5.54. The smallest absolute Gasteiger partial charge is 0.252 e. The second kappa shape index (κ2) is 6.45. The zero-order valence-electron chi connectivity index (χ0n) is 9.39. The van der Waals surface area contributed by atoms with Crippen LogP contribution >= 0.6 is 34.2 Å². The van der Waals surface area contributed by atoms with E-state index in [0.717, 1.165) is 16.4 Å². The minimum atomic E-state index is -0.0483. The van der Waals surface area contributed by atoms with Crippen molar-refractivity contribution in [1.29, 1.82) is 0 Å². The summed E-state index contributed by atoms with van der Waals surface area (Å²) < 4.78 is 0.920. The number of halogens is 2. The summed E-state index contributed by atoms with van der Waals surface area (Å²) in [5, 5.41) is 3.55. The van der Waals surface area contributed by atoms with Gasteiger partial charge in [0.2, 0.25) is 0 Å². The molecule has 0 saturated carbocycles. The Balaban J connectivity index is 2.76. The summed E-state index contributed by atoms with van der Waals surface area (Å²) in [5.74, 6) is -0.0483. The Morgan fingerprint density at radius 2 is 2.25 bits per heavy atom. The van der Waals surface area contributed by atoms with Gasteiger partial charge in [-0.25, -0.2) is 0 Å². The molecule has 1 rings (SSSR count). The highest BCUT2D eigenvalue weighted by molar-refractivity contribution is 14.1. The van der Waals surface area contributed by atoms with Crippen LogP contribution in [0.4, 0.5) is 0 Å². The maximum absolute atomic E-state index is 11.9. The Kier molecular flexibility index (Phi) is 5.55. The molecule has 4 heteroatoms. The Bertz CT molecular complexity index is 381. The highest BCUT2D eigenvalue weighted by atomic mass is 127. The van der Waals surface area contributed by atoms with Gasteiger partial charge in [0.15, 0.2) is 0 Å². The van der Waals surface area contributed by atoms with Crippen molar-refractivity contribution in [2.45, 2.75) is 32.7 Å². The van der Waals surface area contributed by atoms with Crippen LogP contribution in [0.25, 0.3) is 0 Å². The molecule has 0 spiro atoms. The second-order valence-electron chi connectivity index (χ2n) is 3.79. The molecule has 0 aliphatic rings. The third-order valence-corrected chi connectivity index (χ3v) is 3.45. The maximum Gasteiger partial charge on any atom is 0.252 e. The third-order valence-electron chi connectivity index (χ3n) is 2.27. The van der Waals surface area contributed by atoms with E-state index in [4.69, 9.17) is 11.6 Å². The van der Waals surface area contributed by atoms with Gasteiger partial charge in [0, 0.05) is 14.6 Å². The number of hydrogen-bond donors (Lipinski definition) is 1. The van der Waals surface area contributed by atoms with Crippen LogP contribution in [0.15, 0.2) is 18.2 Å². The molecule has 0 aliphatic carbocycles. The van der Waals surface area contributed by atoms with Crippen molar-refractivity contribution in [1.82, 2.24) is 5.32 Å². The van der Waals surface area contributed by atoms with E-state index in [0.29, 0.717) is 10.6 Å². The number of benzene rings is 1. The van der Waals surface area contributed by atoms with Gasteiger partial charge in [-0.15, -0.1) is 0 Å². The van der Waals surface area contributed by atoms with Crippen molar-refractivity contribution in [3.05, 3.63) is 32.4 Å². The molecule has 1 N–H and O–H groups in total. The van der Waals surface area contributed by atoms with Gasteiger partial charge in [-0.05, 0) is 54.1 Å². The zero-order valence-corrected chi connectivity index (χ0v) is 12.3. The first-order chi connectivity index (χ1) is 7.54. The molecule has 1 amide bonds. The lowest BCUT2D eigenvalue weighted by molar-refractivity contribution is 0.0937. The maximum atomic E-state index is 11.9. The molecule has 0 aliphatic heterocycles. The predicted octanol–water partition coefficient (Wildman–Crippen LogP) is 3.86. The minimum absolute atomic E-state index is 0.0483. The highest BCUT2D eigenvalue weighted by Gasteiger charge is 2.12. The third kappa shape index (κ3) is 3.94. The van der Waals surface area contributed by atoms with Gasteiger partial charge >= 0.3 is 0 Å². The first-order valence-electron chi connectivity index (χ1n) is 5.30. The van der Waals surface area contributed by atoms with Gasteiger partial charge in [-0.3, -0.25) is 4.79 Å². The van der Waals surface area contributed by atoms with E-state index >= 15 is 0 Å². The second-order valence-corrected chi connectivity index (χ2v) is 5.39. The molecule has 0 bridgehead atoms. The number of rotatable bonds is 4. The average molecular weight is 352 g/mol. The predicted molar refractivity (Wildman–Crippen MR) is 76.0 cm³/mol. The molecule has 1 aromatic carbocycles. The minimum Gasteiger partial charge on any atom is -0.350 e. The molecular formula is C12H15ClINO. The summed E-state index contributed by atoms with van der Waals surface area (Å²) >= 11 is 8.02.